The monoisotopic (exact) mass is 415 g/mol. The summed E-state index contributed by atoms with van der Waals surface area (Å²) >= 11 is 0. The van der Waals surface area contributed by atoms with Gasteiger partial charge in [0.1, 0.15) is 6.61 Å². The fourth-order valence-electron chi connectivity index (χ4n) is 3.17. The first-order chi connectivity index (χ1) is 15.0. The molecular formula is C23H21N5O3. The molecule has 0 atom stereocenters. The highest BCUT2D eigenvalue weighted by Gasteiger charge is 2.20. The van der Waals surface area contributed by atoms with E-state index in [4.69, 9.17) is 10.1 Å². The molecule has 2 amide bonds. The Balaban J connectivity index is 1.47. The molecule has 3 N–H and O–H groups in total. The van der Waals surface area contributed by atoms with Crippen LogP contribution in [0.2, 0.25) is 0 Å². The molecular weight excluding hydrogens is 394 g/mol. The molecule has 31 heavy (non-hydrogen) atoms. The van der Waals surface area contributed by atoms with Crippen LogP contribution in [0.25, 0.3) is 0 Å². The molecule has 0 spiro atoms. The standard InChI is InChI=1S/C23H21N5O3/c1-15-2-4-16(5-3-15)21(29)27-20-14-25-11-10-19(20)22(30)26-17-6-8-18(9-7-17)28-12-13-31-23(28)24/h2-11,14,24H,12-13H2,1H3,(H,26,30)(H,27,29). The van der Waals surface area contributed by atoms with Crippen molar-refractivity contribution in [2.45, 2.75) is 6.92 Å². The molecule has 0 aliphatic carbocycles. The van der Waals surface area contributed by atoms with Gasteiger partial charge in [-0.05, 0) is 49.4 Å². The summed E-state index contributed by atoms with van der Waals surface area (Å²) in [4.78, 5) is 31.2. The van der Waals surface area contributed by atoms with E-state index in [-0.39, 0.29) is 17.8 Å². The summed E-state index contributed by atoms with van der Waals surface area (Å²) in [5, 5.41) is 13.4. The lowest BCUT2D eigenvalue weighted by Crippen LogP contribution is -2.23. The van der Waals surface area contributed by atoms with Crippen LogP contribution in [0.1, 0.15) is 26.3 Å². The van der Waals surface area contributed by atoms with Gasteiger partial charge in [-0.2, -0.15) is 0 Å². The molecule has 1 saturated heterocycles. The minimum atomic E-state index is -0.369. The summed E-state index contributed by atoms with van der Waals surface area (Å²) in [7, 11) is 0. The summed E-state index contributed by atoms with van der Waals surface area (Å²) in [6.45, 7) is 3.04. The second-order valence-electron chi connectivity index (χ2n) is 7.05. The van der Waals surface area contributed by atoms with Gasteiger partial charge in [-0.15, -0.1) is 0 Å². The van der Waals surface area contributed by atoms with E-state index in [1.165, 1.54) is 12.4 Å². The smallest absolute Gasteiger partial charge is 0.289 e. The van der Waals surface area contributed by atoms with Crippen molar-refractivity contribution >= 4 is 34.9 Å². The largest absolute Gasteiger partial charge is 0.463 e. The minimum Gasteiger partial charge on any atom is -0.463 e. The summed E-state index contributed by atoms with van der Waals surface area (Å²) in [6.07, 6.45) is 2.95. The summed E-state index contributed by atoms with van der Waals surface area (Å²) in [5.41, 5.74) is 3.58. The lowest BCUT2D eigenvalue weighted by atomic mass is 10.1. The number of rotatable bonds is 5. The van der Waals surface area contributed by atoms with Gasteiger partial charge in [0.25, 0.3) is 17.8 Å². The molecule has 8 heteroatoms. The van der Waals surface area contributed by atoms with Gasteiger partial charge in [0.15, 0.2) is 0 Å². The van der Waals surface area contributed by atoms with Gasteiger partial charge < -0.3 is 15.4 Å². The lowest BCUT2D eigenvalue weighted by Gasteiger charge is -2.15. The number of amides is 2. The van der Waals surface area contributed by atoms with Crippen LogP contribution in [0.5, 0.6) is 0 Å². The van der Waals surface area contributed by atoms with Gasteiger partial charge in [-0.25, -0.2) is 0 Å². The van der Waals surface area contributed by atoms with E-state index in [0.29, 0.717) is 35.7 Å². The van der Waals surface area contributed by atoms with E-state index >= 15 is 0 Å². The Kier molecular flexibility index (Phi) is 5.61. The molecule has 0 saturated carbocycles. The molecule has 1 fully saturated rings. The SMILES string of the molecule is Cc1ccc(C(=O)Nc2cnccc2C(=O)Nc2ccc(N3CCOC3=N)cc2)cc1. The maximum atomic E-state index is 12.8. The van der Waals surface area contributed by atoms with Crippen molar-refractivity contribution in [2.75, 3.05) is 28.7 Å². The molecule has 1 aromatic heterocycles. The third-order valence-corrected chi connectivity index (χ3v) is 4.86. The second-order valence-corrected chi connectivity index (χ2v) is 7.05. The van der Waals surface area contributed by atoms with Crippen LogP contribution in [0.4, 0.5) is 17.1 Å². The number of nitrogens with zero attached hydrogens (tertiary/aromatic N) is 2. The molecule has 2 aromatic carbocycles. The summed E-state index contributed by atoms with van der Waals surface area (Å²) in [5.74, 6) is -0.687. The Morgan fingerprint density at radius 1 is 1.00 bits per heavy atom. The number of hydrogen-bond donors (Lipinski definition) is 3. The normalized spacial score (nSPS) is 12.9. The third kappa shape index (κ3) is 4.53. The van der Waals surface area contributed by atoms with E-state index in [0.717, 1.165) is 11.3 Å². The van der Waals surface area contributed by atoms with Crippen LogP contribution in [0.3, 0.4) is 0 Å². The van der Waals surface area contributed by atoms with Gasteiger partial charge in [0.2, 0.25) is 0 Å². The highest BCUT2D eigenvalue weighted by atomic mass is 16.5. The average Bonchev–Trinajstić information content (AvgIpc) is 3.21. The molecule has 2 heterocycles. The summed E-state index contributed by atoms with van der Waals surface area (Å²) < 4.78 is 5.15. The van der Waals surface area contributed by atoms with Crippen molar-refractivity contribution in [2.24, 2.45) is 0 Å². The van der Waals surface area contributed by atoms with E-state index in [1.807, 2.05) is 31.2 Å². The maximum absolute atomic E-state index is 12.8. The first-order valence-corrected chi connectivity index (χ1v) is 9.73. The number of benzene rings is 2. The Hall–Kier alpha value is -4.20. The number of ether oxygens (including phenoxy) is 1. The maximum Gasteiger partial charge on any atom is 0.289 e. The molecule has 0 unspecified atom stereocenters. The fraction of sp³-hybridized carbons (Fsp3) is 0.130. The van der Waals surface area contributed by atoms with Gasteiger partial charge in [0.05, 0.1) is 24.0 Å². The van der Waals surface area contributed by atoms with Gasteiger partial charge in [-0.3, -0.25) is 24.9 Å². The molecule has 4 rings (SSSR count). The van der Waals surface area contributed by atoms with Crippen molar-refractivity contribution in [3.63, 3.8) is 0 Å². The predicted molar refractivity (Wildman–Crippen MR) is 119 cm³/mol. The van der Waals surface area contributed by atoms with Crippen LogP contribution < -0.4 is 15.5 Å². The number of carbonyl (C=O) groups excluding carboxylic acids is 2. The molecule has 8 nitrogen and oxygen atoms in total. The van der Waals surface area contributed by atoms with Crippen molar-refractivity contribution < 1.29 is 14.3 Å². The molecule has 0 radical (unpaired) electrons. The van der Waals surface area contributed by atoms with E-state index < -0.39 is 0 Å². The zero-order valence-corrected chi connectivity index (χ0v) is 16.9. The molecule has 0 bridgehead atoms. The number of hydrogen-bond acceptors (Lipinski definition) is 5. The highest BCUT2D eigenvalue weighted by Crippen LogP contribution is 2.22. The molecule has 1 aliphatic rings. The first kappa shape index (κ1) is 20.1. The zero-order valence-electron chi connectivity index (χ0n) is 16.9. The van der Waals surface area contributed by atoms with E-state index in [2.05, 4.69) is 15.6 Å². The Bertz CT molecular complexity index is 1130. The first-order valence-electron chi connectivity index (χ1n) is 9.73. The fourth-order valence-corrected chi connectivity index (χ4v) is 3.17. The van der Waals surface area contributed by atoms with Crippen LogP contribution in [-0.4, -0.2) is 36.0 Å². The Labute approximate surface area is 179 Å². The van der Waals surface area contributed by atoms with Crippen LogP contribution >= 0.6 is 0 Å². The van der Waals surface area contributed by atoms with Crippen LogP contribution in [0.15, 0.2) is 67.0 Å². The lowest BCUT2D eigenvalue weighted by molar-refractivity contribution is 0.102. The van der Waals surface area contributed by atoms with Gasteiger partial charge >= 0.3 is 0 Å². The summed E-state index contributed by atoms with van der Waals surface area (Å²) in [6, 6.07) is 16.0. The van der Waals surface area contributed by atoms with Crippen molar-refractivity contribution in [3.05, 3.63) is 83.7 Å². The predicted octanol–water partition coefficient (Wildman–Crippen LogP) is 3.67. The highest BCUT2D eigenvalue weighted by molar-refractivity contribution is 6.12. The molecule has 1 aliphatic heterocycles. The average molecular weight is 415 g/mol. The topological polar surface area (TPSA) is 107 Å². The van der Waals surface area contributed by atoms with Gasteiger partial charge in [-0.1, -0.05) is 17.7 Å². The van der Waals surface area contributed by atoms with Crippen LogP contribution in [0, 0.1) is 12.3 Å². The number of pyridine rings is 1. The third-order valence-electron chi connectivity index (χ3n) is 4.86. The number of anilines is 3. The number of amidine groups is 1. The number of nitrogens with one attached hydrogen (secondary N) is 3. The van der Waals surface area contributed by atoms with Crippen molar-refractivity contribution in [3.8, 4) is 0 Å². The Morgan fingerprint density at radius 2 is 1.74 bits per heavy atom. The number of carbonyl (C=O) groups is 2. The van der Waals surface area contributed by atoms with Crippen molar-refractivity contribution in [1.82, 2.24) is 4.98 Å². The molecule has 156 valence electrons. The van der Waals surface area contributed by atoms with Crippen molar-refractivity contribution in [1.29, 1.82) is 5.41 Å². The second kappa shape index (κ2) is 8.66. The number of aromatic nitrogens is 1. The zero-order chi connectivity index (χ0) is 21.8. The van der Waals surface area contributed by atoms with Crippen LogP contribution in [-0.2, 0) is 4.74 Å². The molecule has 3 aromatic rings. The van der Waals surface area contributed by atoms with Gasteiger partial charge in [0, 0.05) is 23.1 Å². The van der Waals surface area contributed by atoms with E-state index in [9.17, 15) is 9.59 Å². The number of aryl methyl sites for hydroxylation is 1. The Morgan fingerprint density at radius 3 is 2.42 bits per heavy atom. The van der Waals surface area contributed by atoms with E-state index in [1.54, 1.807) is 35.2 Å². The minimum absolute atomic E-state index is 0.113. The quantitative estimate of drug-likeness (QED) is 0.589.